The molecule has 0 aromatic carbocycles. The fraction of sp³-hybridized carbons (Fsp3) is 0.467. The molecule has 2 atom stereocenters. The van der Waals surface area contributed by atoms with Crippen LogP contribution in [0.15, 0.2) is 24.8 Å². The second-order valence-electron chi connectivity index (χ2n) is 6.77. The molecule has 0 aliphatic carbocycles. The monoisotopic (exact) mass is 410 g/mol. The second-order valence-corrected chi connectivity index (χ2v) is 8.94. The molecule has 12 heteroatoms. The van der Waals surface area contributed by atoms with E-state index in [1.165, 1.54) is 15.1 Å². The van der Waals surface area contributed by atoms with E-state index in [-0.39, 0.29) is 12.0 Å². The number of fused-ring (bicyclic) bond motifs is 1. The highest BCUT2D eigenvalue weighted by atomic mass is 35.5. The average Bonchev–Trinajstić information content (AvgIpc) is 3.26. The quantitative estimate of drug-likeness (QED) is 0.647. The maximum absolute atomic E-state index is 11.8. The van der Waals surface area contributed by atoms with Crippen LogP contribution in [0.2, 0.25) is 0 Å². The predicted octanol–water partition coefficient (Wildman–Crippen LogP) is 1.40. The first-order chi connectivity index (χ1) is 12.8. The Morgan fingerprint density at radius 1 is 1.37 bits per heavy atom. The van der Waals surface area contributed by atoms with Crippen molar-refractivity contribution in [2.24, 2.45) is 5.92 Å². The van der Waals surface area contributed by atoms with Crippen LogP contribution in [0.5, 0.6) is 0 Å². The molecule has 0 radical (unpaired) electrons. The lowest BCUT2D eigenvalue weighted by atomic mass is 9.95. The third-order valence-corrected chi connectivity index (χ3v) is 6.28. The van der Waals surface area contributed by atoms with Gasteiger partial charge in [-0.15, -0.1) is 5.10 Å². The van der Waals surface area contributed by atoms with Crippen LogP contribution in [0.4, 0.5) is 5.95 Å². The number of sulfonamides is 1. The van der Waals surface area contributed by atoms with Gasteiger partial charge in [-0.25, -0.2) is 22.2 Å². The highest BCUT2D eigenvalue weighted by Gasteiger charge is 2.31. The summed E-state index contributed by atoms with van der Waals surface area (Å²) in [6.07, 6.45) is 7.24. The van der Waals surface area contributed by atoms with Crippen LogP contribution < -0.4 is 4.84 Å². The topological polar surface area (TPSA) is 110 Å². The first kappa shape index (κ1) is 18.1. The molecule has 1 aliphatic heterocycles. The van der Waals surface area contributed by atoms with E-state index in [9.17, 15) is 8.42 Å². The Labute approximate surface area is 161 Å². The smallest absolute Gasteiger partial charge is 0.257 e. The summed E-state index contributed by atoms with van der Waals surface area (Å²) in [5.41, 5.74) is 2.20. The molecule has 0 spiro atoms. The molecule has 1 aliphatic rings. The van der Waals surface area contributed by atoms with Gasteiger partial charge in [0.15, 0.2) is 5.65 Å². The highest BCUT2D eigenvalue weighted by Crippen LogP contribution is 2.30. The molecule has 1 N–H and O–H groups in total. The van der Waals surface area contributed by atoms with Crippen LogP contribution in [0, 0.1) is 5.92 Å². The Morgan fingerprint density at radius 3 is 2.89 bits per heavy atom. The SMILES string of the molecule is CC1CN(S(C)(=O)=O)CCC1n1cc(-c2cc3nc(NCl)nn3cn2)cn1. The molecule has 1 saturated heterocycles. The standard InChI is InChI=1S/C15H19ClN8O2S/c1-10-7-22(27(2,25)26)4-3-13(10)23-8-11(6-18-23)12-5-14-19-15(20-16)21-24(14)9-17-12/h5-6,8-10,13H,3-4,7H2,1-2H3,(H,20,21). The molecule has 3 aromatic heterocycles. The predicted molar refractivity (Wildman–Crippen MR) is 101 cm³/mol. The summed E-state index contributed by atoms with van der Waals surface area (Å²) in [6, 6.07) is 1.95. The van der Waals surface area contributed by atoms with Crippen molar-refractivity contribution in [1.82, 2.24) is 33.7 Å². The Morgan fingerprint density at radius 2 is 2.19 bits per heavy atom. The van der Waals surface area contributed by atoms with Gasteiger partial charge in [0.25, 0.3) is 5.95 Å². The van der Waals surface area contributed by atoms with Gasteiger partial charge < -0.3 is 0 Å². The van der Waals surface area contributed by atoms with Gasteiger partial charge in [0.1, 0.15) is 6.33 Å². The van der Waals surface area contributed by atoms with Crippen molar-refractivity contribution in [3.05, 3.63) is 24.8 Å². The minimum Gasteiger partial charge on any atom is -0.269 e. The van der Waals surface area contributed by atoms with Gasteiger partial charge in [0.2, 0.25) is 10.0 Å². The molecule has 1 fully saturated rings. The van der Waals surface area contributed by atoms with Gasteiger partial charge in [-0.3, -0.25) is 9.52 Å². The summed E-state index contributed by atoms with van der Waals surface area (Å²) in [4.78, 5) is 11.0. The summed E-state index contributed by atoms with van der Waals surface area (Å²) in [5, 5.41) is 8.59. The third kappa shape index (κ3) is 3.49. The minimum atomic E-state index is -3.16. The van der Waals surface area contributed by atoms with Crippen molar-refractivity contribution >= 4 is 33.4 Å². The molecule has 10 nitrogen and oxygen atoms in total. The molecule has 2 unspecified atom stereocenters. The third-order valence-electron chi connectivity index (χ3n) is 4.84. The zero-order valence-electron chi connectivity index (χ0n) is 14.8. The average molecular weight is 411 g/mol. The van der Waals surface area contributed by atoms with Crippen LogP contribution in [-0.2, 0) is 10.0 Å². The van der Waals surface area contributed by atoms with Gasteiger partial charge in [0, 0.05) is 42.7 Å². The molecular weight excluding hydrogens is 392 g/mol. The van der Waals surface area contributed by atoms with Crippen LogP contribution in [0.1, 0.15) is 19.4 Å². The lowest BCUT2D eigenvalue weighted by Crippen LogP contribution is -2.43. The molecule has 4 rings (SSSR count). The van der Waals surface area contributed by atoms with E-state index < -0.39 is 10.0 Å². The number of rotatable bonds is 4. The lowest BCUT2D eigenvalue weighted by molar-refractivity contribution is 0.191. The van der Waals surface area contributed by atoms with E-state index in [1.807, 2.05) is 23.9 Å². The second kappa shape index (κ2) is 6.73. The number of nitrogens with zero attached hydrogens (tertiary/aromatic N) is 7. The normalized spacial score (nSPS) is 21.6. The van der Waals surface area contributed by atoms with Crippen LogP contribution in [0.3, 0.4) is 0 Å². The molecule has 27 heavy (non-hydrogen) atoms. The van der Waals surface area contributed by atoms with Crippen molar-refractivity contribution in [2.45, 2.75) is 19.4 Å². The van der Waals surface area contributed by atoms with Crippen LogP contribution in [-0.4, -0.2) is 61.4 Å². The van der Waals surface area contributed by atoms with Crippen LogP contribution >= 0.6 is 11.8 Å². The van der Waals surface area contributed by atoms with Crippen LogP contribution in [0.25, 0.3) is 16.9 Å². The molecule has 0 bridgehead atoms. The lowest BCUT2D eigenvalue weighted by Gasteiger charge is -2.35. The summed E-state index contributed by atoms with van der Waals surface area (Å²) in [7, 11) is -3.16. The molecule has 3 aromatic rings. The largest absolute Gasteiger partial charge is 0.269 e. The van der Waals surface area contributed by atoms with E-state index >= 15 is 0 Å². The number of halogens is 1. The van der Waals surface area contributed by atoms with E-state index in [1.54, 1.807) is 12.5 Å². The van der Waals surface area contributed by atoms with Gasteiger partial charge in [-0.1, -0.05) is 6.92 Å². The Kier molecular flexibility index (Phi) is 4.52. The summed E-state index contributed by atoms with van der Waals surface area (Å²) in [6.45, 7) is 3.04. The summed E-state index contributed by atoms with van der Waals surface area (Å²) < 4.78 is 28.5. The van der Waals surface area contributed by atoms with Crippen molar-refractivity contribution in [3.8, 4) is 11.3 Å². The Hall–Kier alpha value is -2.24. The van der Waals surface area contributed by atoms with Gasteiger partial charge in [0.05, 0.1) is 24.2 Å². The molecule has 4 heterocycles. The van der Waals surface area contributed by atoms with Crippen molar-refractivity contribution in [3.63, 3.8) is 0 Å². The molecular formula is C15H19ClN8O2S. The van der Waals surface area contributed by atoms with Crippen molar-refractivity contribution in [2.75, 3.05) is 24.2 Å². The fourth-order valence-electron chi connectivity index (χ4n) is 3.43. The van der Waals surface area contributed by atoms with Gasteiger partial charge in [-0.05, 0) is 12.3 Å². The Balaban J connectivity index is 1.57. The fourth-order valence-corrected chi connectivity index (χ4v) is 4.46. The number of hydrogen-bond donors (Lipinski definition) is 1. The maximum Gasteiger partial charge on any atom is 0.257 e. The van der Waals surface area contributed by atoms with Crippen molar-refractivity contribution < 1.29 is 8.42 Å². The number of hydrogen-bond acceptors (Lipinski definition) is 7. The maximum atomic E-state index is 11.8. The number of aromatic nitrogens is 6. The Bertz CT molecular complexity index is 1080. The van der Waals surface area contributed by atoms with E-state index in [4.69, 9.17) is 11.8 Å². The van der Waals surface area contributed by atoms with Gasteiger partial charge >= 0.3 is 0 Å². The van der Waals surface area contributed by atoms with E-state index in [0.717, 1.165) is 17.7 Å². The minimum absolute atomic E-state index is 0.139. The molecule has 0 saturated carbocycles. The molecule has 144 valence electrons. The summed E-state index contributed by atoms with van der Waals surface area (Å²) >= 11 is 5.53. The highest BCUT2D eigenvalue weighted by molar-refractivity contribution is 7.88. The van der Waals surface area contributed by atoms with E-state index in [0.29, 0.717) is 24.7 Å². The summed E-state index contributed by atoms with van der Waals surface area (Å²) in [5.74, 6) is 0.461. The number of nitrogens with one attached hydrogen (secondary N) is 1. The first-order valence-corrected chi connectivity index (χ1v) is 10.7. The molecule has 0 amide bonds. The number of anilines is 1. The zero-order chi connectivity index (χ0) is 19.2. The number of piperidine rings is 1. The van der Waals surface area contributed by atoms with Gasteiger partial charge in [-0.2, -0.15) is 10.1 Å². The zero-order valence-corrected chi connectivity index (χ0v) is 16.4. The van der Waals surface area contributed by atoms with Crippen molar-refractivity contribution in [1.29, 1.82) is 0 Å². The van der Waals surface area contributed by atoms with E-state index in [2.05, 4.69) is 25.0 Å². The first-order valence-electron chi connectivity index (χ1n) is 8.44.